The zero-order chi connectivity index (χ0) is 107. The molecule has 35 nitrogen and oxygen atoms in total. The van der Waals surface area contributed by atoms with Gasteiger partial charge in [-0.15, -0.1) is 0 Å². The SMILES string of the molecule is CC(C)CC(=O)N(C)CCCN(C)C(=O)OC(C)(C)C.CC(C)CC(=O)N(C)CCCNC(=O)OC(C)(C)C.CC(C)CC(=O)N(C)CCN(C)C(=O)OC(C)(C)C.CC(C)CC(=O)N1CCCN(C(=O)OC(C)(C)C)CC1.CC(C)CC(=O)N1CCN(C(=O)OC(C)(C)C)CC1.CC(C)CC(=O)NC1CCN(C(=O)OC(C)(C)C)CC1.CC(C)CC(=O)NCCCN(C)C(=O)OC(C)(C)C. The fourth-order valence-electron chi connectivity index (χ4n) is 12.1. The van der Waals surface area contributed by atoms with Crippen molar-refractivity contribution in [1.29, 1.82) is 0 Å². The molecule has 0 aromatic carbocycles. The van der Waals surface area contributed by atoms with Crippen molar-refractivity contribution in [3.05, 3.63) is 0 Å². The van der Waals surface area contributed by atoms with Crippen LogP contribution in [0.4, 0.5) is 33.6 Å². The van der Waals surface area contributed by atoms with Gasteiger partial charge in [-0.05, 0) is 225 Å². The fourth-order valence-corrected chi connectivity index (χ4v) is 12.1. The number of piperazine rings is 1. The Kier molecular flexibility index (Phi) is 64.7. The molecule has 0 aromatic heterocycles. The highest BCUT2D eigenvalue weighted by atomic mass is 16.6. The number of carbonyl (C=O) groups is 14. The van der Waals surface area contributed by atoms with Gasteiger partial charge < -0.3 is 103 Å². The van der Waals surface area contributed by atoms with Gasteiger partial charge in [0.2, 0.25) is 41.4 Å². The number of ether oxygens (including phenoxy) is 7. The van der Waals surface area contributed by atoms with Crippen LogP contribution in [0.3, 0.4) is 0 Å². The molecule has 35 heteroatoms. The van der Waals surface area contributed by atoms with Gasteiger partial charge in [-0.25, -0.2) is 33.6 Å². The van der Waals surface area contributed by atoms with Gasteiger partial charge in [0.25, 0.3) is 0 Å². The molecule has 0 aliphatic carbocycles. The van der Waals surface area contributed by atoms with Crippen LogP contribution in [0.1, 0.15) is 326 Å². The Labute approximate surface area is 822 Å². The van der Waals surface area contributed by atoms with E-state index in [-0.39, 0.29) is 84.0 Å². The molecule has 3 heterocycles. The van der Waals surface area contributed by atoms with E-state index in [0.29, 0.717) is 198 Å². The Morgan fingerprint density at radius 3 is 0.838 bits per heavy atom. The van der Waals surface area contributed by atoms with Crippen LogP contribution in [0.15, 0.2) is 0 Å². The summed E-state index contributed by atoms with van der Waals surface area (Å²) in [5, 5.41) is 8.55. The highest BCUT2D eigenvalue weighted by molar-refractivity contribution is 5.80. The van der Waals surface area contributed by atoms with Crippen molar-refractivity contribution in [3.63, 3.8) is 0 Å². The van der Waals surface area contributed by atoms with Crippen LogP contribution in [0, 0.1) is 41.4 Å². The van der Waals surface area contributed by atoms with Gasteiger partial charge in [0.05, 0.1) is 0 Å². The van der Waals surface area contributed by atoms with Crippen LogP contribution in [-0.2, 0) is 66.7 Å². The molecule has 3 aliphatic rings. The van der Waals surface area contributed by atoms with Crippen LogP contribution in [-0.4, -0.2) is 343 Å². The summed E-state index contributed by atoms with van der Waals surface area (Å²) in [5.74, 6) is 3.50. The van der Waals surface area contributed by atoms with Crippen molar-refractivity contribution in [2.45, 2.75) is 371 Å². The number of hydrogen-bond acceptors (Lipinski definition) is 21. The zero-order valence-corrected chi connectivity index (χ0v) is 93.0. The van der Waals surface area contributed by atoms with Crippen molar-refractivity contribution in [2.24, 2.45) is 41.4 Å². The molecule has 0 bridgehead atoms. The highest BCUT2D eigenvalue weighted by Gasteiger charge is 2.33. The number of carbonyl (C=O) groups excluding carboxylic acids is 14. The van der Waals surface area contributed by atoms with E-state index in [1.165, 1.54) is 9.80 Å². The van der Waals surface area contributed by atoms with E-state index in [4.69, 9.17) is 33.2 Å². The summed E-state index contributed by atoms with van der Waals surface area (Å²) in [5.41, 5.74) is -3.33. The molecule has 3 aliphatic heterocycles. The Morgan fingerprint density at radius 2 is 0.515 bits per heavy atom. The first-order valence-electron chi connectivity index (χ1n) is 49.4. The molecular weight excluding hydrogens is 1750 g/mol. The van der Waals surface area contributed by atoms with E-state index >= 15 is 0 Å². The first-order chi connectivity index (χ1) is 61.8. The lowest BCUT2D eigenvalue weighted by atomic mass is 10.0. The predicted octanol–water partition coefficient (Wildman–Crippen LogP) is 17.1. The Bertz CT molecular complexity index is 3490. The molecular formula is C101H196N14O21. The van der Waals surface area contributed by atoms with Crippen molar-refractivity contribution in [2.75, 3.05) is 160 Å². The third-order valence-electron chi connectivity index (χ3n) is 18.9. The molecule has 0 saturated carbocycles. The molecule has 3 rings (SSSR count). The molecule has 796 valence electrons. The first-order valence-corrected chi connectivity index (χ1v) is 49.4. The predicted molar refractivity (Wildman–Crippen MR) is 539 cm³/mol. The second-order valence-corrected chi connectivity index (χ2v) is 45.5. The van der Waals surface area contributed by atoms with Gasteiger partial charge >= 0.3 is 42.7 Å². The van der Waals surface area contributed by atoms with Gasteiger partial charge in [-0.3, -0.25) is 33.6 Å². The minimum absolute atomic E-state index is 0.0647. The maximum atomic E-state index is 12.1. The number of nitrogens with one attached hydrogen (secondary N) is 3. The number of piperidine rings is 1. The van der Waals surface area contributed by atoms with Crippen LogP contribution in [0.25, 0.3) is 0 Å². The van der Waals surface area contributed by atoms with E-state index in [9.17, 15) is 67.1 Å². The number of rotatable bonds is 30. The van der Waals surface area contributed by atoms with Gasteiger partial charge in [-0.2, -0.15) is 0 Å². The molecule has 3 saturated heterocycles. The second kappa shape index (κ2) is 65.9. The second-order valence-electron chi connectivity index (χ2n) is 45.5. The smallest absolute Gasteiger partial charge is 0.410 e. The number of hydrogen-bond donors (Lipinski definition) is 3. The average molecular weight is 1940 g/mol. The van der Waals surface area contributed by atoms with Crippen LogP contribution < -0.4 is 16.0 Å². The monoisotopic (exact) mass is 1940 g/mol. The first kappa shape index (κ1) is 133. The maximum Gasteiger partial charge on any atom is 0.410 e. The summed E-state index contributed by atoms with van der Waals surface area (Å²) >= 11 is 0. The molecule has 0 radical (unpaired) electrons. The molecule has 0 unspecified atom stereocenters. The topological polar surface area (TPSA) is 375 Å². The molecule has 136 heavy (non-hydrogen) atoms. The summed E-state index contributed by atoms with van der Waals surface area (Å²) in [6.45, 7) is 77.8. The van der Waals surface area contributed by atoms with Crippen LogP contribution in [0.5, 0.6) is 0 Å². The van der Waals surface area contributed by atoms with Crippen molar-refractivity contribution < 1.29 is 100 Å². The number of likely N-dealkylation sites (tertiary alicyclic amines) is 1. The summed E-state index contributed by atoms with van der Waals surface area (Å²) in [6, 6.07) is 0.180. The van der Waals surface area contributed by atoms with Gasteiger partial charge in [0.15, 0.2) is 0 Å². The molecule has 14 amide bonds. The van der Waals surface area contributed by atoms with Crippen LogP contribution >= 0.6 is 0 Å². The summed E-state index contributed by atoms with van der Waals surface area (Å²) in [7, 11) is 10.4. The minimum Gasteiger partial charge on any atom is -0.444 e. The van der Waals surface area contributed by atoms with E-state index < -0.39 is 45.3 Å². The lowest BCUT2D eigenvalue weighted by molar-refractivity contribution is -0.134. The van der Waals surface area contributed by atoms with E-state index in [1.807, 2.05) is 252 Å². The number of nitrogens with zero attached hydrogens (tertiary/aromatic N) is 11. The van der Waals surface area contributed by atoms with E-state index in [1.54, 1.807) is 76.6 Å². The Balaban J connectivity index is -0.000000747. The van der Waals surface area contributed by atoms with Crippen LogP contribution in [0.2, 0.25) is 0 Å². The maximum absolute atomic E-state index is 12.1. The Hall–Kier alpha value is -8.82. The number of likely N-dealkylation sites (N-methyl/N-ethyl adjacent to an activating group) is 2. The summed E-state index contributed by atoms with van der Waals surface area (Å²) < 4.78 is 36.9. The molecule has 3 fully saturated rings. The van der Waals surface area contributed by atoms with E-state index in [2.05, 4.69) is 16.0 Å². The highest BCUT2D eigenvalue weighted by Crippen LogP contribution is 2.21. The minimum atomic E-state index is -0.495. The van der Waals surface area contributed by atoms with Gasteiger partial charge in [-0.1, -0.05) is 96.9 Å². The fraction of sp³-hybridized carbons (Fsp3) is 0.861. The van der Waals surface area contributed by atoms with Crippen molar-refractivity contribution in [3.8, 4) is 0 Å². The standard InChI is InChI=1S/2C15H28N2O3.C15H30N2O3.C14H26N2O3.3C14H28N2O3/c1-11(2)10-13(18)16-12-6-8-17(9-7-12)14(19)20-15(3,4)5;1-12(2)11-13(18)16-7-6-8-17(10-9-16)14(19)20-15(3,4)5;1-12(2)11-13(18)16(6)9-8-10-17(7)14(19)20-15(3,4)5;1-11(2)10-12(17)15-6-8-16(9-7-15)13(18)19-14(3,4)5;1-11(2)10-12(17)15(6)8-9-16(7)13(18)19-14(3,4)5;1-11(2)10-12(17)16(6)9-7-8-15-13(18)19-14(3,4)5;1-11(2)10-12(17)15-8-7-9-16(6)13(18)19-14(3,4)5/h11-12H,6-10H2,1-5H3,(H,16,18);12H,6-11H2,1-5H3;12H,8-11H2,1-7H3;11H,6-10H2,1-5H3;11H,8-10H2,1-7H3;11H,7-10H2,1-6H3,(H,15,18);11H,7-10H2,1-6H3,(H,15,17). The van der Waals surface area contributed by atoms with Gasteiger partial charge in [0.1, 0.15) is 39.2 Å². The molecule has 0 spiro atoms. The van der Waals surface area contributed by atoms with E-state index in [0.717, 1.165) is 45.1 Å². The number of alkyl carbamates (subject to hydrolysis) is 1. The van der Waals surface area contributed by atoms with Crippen molar-refractivity contribution in [1.82, 2.24) is 69.8 Å². The molecule has 0 atom stereocenters. The largest absolute Gasteiger partial charge is 0.444 e. The lowest BCUT2D eigenvalue weighted by Crippen LogP contribution is -2.51. The normalized spacial score (nSPS) is 13.8. The van der Waals surface area contributed by atoms with Crippen molar-refractivity contribution >= 4 is 84.0 Å². The average Bonchev–Trinajstić information content (AvgIpc) is 1.00. The summed E-state index contributed by atoms with van der Waals surface area (Å²) in [6.07, 6.45) is 6.25. The quantitative estimate of drug-likeness (QED) is 0.0444. The summed E-state index contributed by atoms with van der Waals surface area (Å²) in [4.78, 5) is 183. The molecule has 0 aromatic rings. The van der Waals surface area contributed by atoms with Gasteiger partial charge in [0, 0.05) is 211 Å². The Morgan fingerprint density at radius 1 is 0.272 bits per heavy atom. The zero-order valence-electron chi connectivity index (χ0n) is 93.0. The third kappa shape index (κ3) is 77.1. The number of amides is 14. The third-order valence-corrected chi connectivity index (χ3v) is 18.9. The lowest BCUT2D eigenvalue weighted by Gasteiger charge is -2.35. The molecule has 3 N–H and O–H groups in total.